The van der Waals surface area contributed by atoms with Crippen LogP contribution < -0.4 is 5.32 Å². The number of rotatable bonds is 16. The summed E-state index contributed by atoms with van der Waals surface area (Å²) in [5, 5.41) is 11.8. The molecule has 6 heteroatoms. The first kappa shape index (κ1) is 37.1. The standard InChI is InChI=1S/C41H51NO5/c1-7-32-16-11-12-19-35(32)36(33-17-9-8-10-18-33)27-34(38(44)22-23-39(45)41(4,5)6)24-28(2)20-21-30-14-13-15-31(25-30)26-37(40(46)47)42-29(3)43/h7,11-16,19,25-27,33-34H,1-2,8-10,17-18,20-24H2,3-6H3,(H,42,43)(H,46,47)/b36-27-,37-26-. The summed E-state index contributed by atoms with van der Waals surface area (Å²) in [6.07, 6.45) is 13.4. The molecule has 2 aromatic carbocycles. The van der Waals surface area contributed by atoms with Gasteiger partial charge in [-0.25, -0.2) is 4.79 Å². The Morgan fingerprint density at radius 3 is 2.32 bits per heavy atom. The van der Waals surface area contributed by atoms with Crippen molar-refractivity contribution in [1.29, 1.82) is 0 Å². The maximum Gasteiger partial charge on any atom is 0.352 e. The molecule has 2 aromatic rings. The molecule has 47 heavy (non-hydrogen) atoms. The molecular weight excluding hydrogens is 586 g/mol. The Labute approximate surface area is 280 Å². The molecule has 1 unspecified atom stereocenters. The Bertz CT molecular complexity index is 1530. The second kappa shape index (κ2) is 17.6. The second-order valence-electron chi connectivity index (χ2n) is 13.7. The van der Waals surface area contributed by atoms with Crippen LogP contribution in [0.4, 0.5) is 0 Å². The topological polar surface area (TPSA) is 101 Å². The summed E-state index contributed by atoms with van der Waals surface area (Å²) in [5.41, 5.74) is 5.27. The fourth-order valence-corrected chi connectivity index (χ4v) is 6.16. The summed E-state index contributed by atoms with van der Waals surface area (Å²) in [6, 6.07) is 15.7. The molecule has 3 rings (SSSR count). The summed E-state index contributed by atoms with van der Waals surface area (Å²) in [6.45, 7) is 15.4. The number of aliphatic carboxylic acids is 1. The van der Waals surface area contributed by atoms with E-state index in [1.165, 1.54) is 25.0 Å². The lowest BCUT2D eigenvalue weighted by atomic mass is 9.77. The van der Waals surface area contributed by atoms with E-state index in [4.69, 9.17) is 0 Å². The highest BCUT2D eigenvalue weighted by Gasteiger charge is 2.27. The number of amides is 1. The lowest BCUT2D eigenvalue weighted by Gasteiger charge is -2.27. The van der Waals surface area contributed by atoms with Crippen molar-refractivity contribution in [3.05, 3.63) is 101 Å². The smallest absolute Gasteiger partial charge is 0.352 e. The monoisotopic (exact) mass is 637 g/mol. The molecule has 250 valence electrons. The molecule has 0 radical (unpaired) electrons. The summed E-state index contributed by atoms with van der Waals surface area (Å²) < 4.78 is 0. The van der Waals surface area contributed by atoms with Crippen LogP contribution in [0, 0.1) is 17.3 Å². The van der Waals surface area contributed by atoms with Crippen LogP contribution in [0.15, 0.2) is 79.0 Å². The average Bonchev–Trinajstić information content (AvgIpc) is 3.04. The Morgan fingerprint density at radius 1 is 0.979 bits per heavy atom. The van der Waals surface area contributed by atoms with E-state index in [0.717, 1.165) is 47.9 Å². The zero-order valence-corrected chi connectivity index (χ0v) is 28.6. The molecule has 1 saturated carbocycles. The number of carbonyl (C=O) groups is 4. The highest BCUT2D eigenvalue weighted by atomic mass is 16.4. The van der Waals surface area contributed by atoms with Gasteiger partial charge in [-0.15, -0.1) is 0 Å². The normalized spacial score (nSPS) is 15.1. The quantitative estimate of drug-likeness (QED) is 0.141. The van der Waals surface area contributed by atoms with Crippen LogP contribution in [0.3, 0.4) is 0 Å². The number of nitrogens with one attached hydrogen (secondary N) is 1. The molecule has 0 heterocycles. The van der Waals surface area contributed by atoms with Crippen LogP contribution in [0.2, 0.25) is 0 Å². The highest BCUT2D eigenvalue weighted by molar-refractivity contribution is 5.96. The van der Waals surface area contributed by atoms with E-state index in [-0.39, 0.29) is 30.1 Å². The summed E-state index contributed by atoms with van der Waals surface area (Å²) in [5.74, 6) is -1.58. The van der Waals surface area contributed by atoms with Crippen molar-refractivity contribution < 1.29 is 24.3 Å². The number of Topliss-reactive ketones (excluding diaryl/α,β-unsaturated/α-hetero) is 2. The Kier molecular flexibility index (Phi) is 13.9. The van der Waals surface area contributed by atoms with E-state index < -0.39 is 23.2 Å². The molecule has 1 aliphatic rings. The zero-order chi connectivity index (χ0) is 34.6. The van der Waals surface area contributed by atoms with Crippen molar-refractivity contribution in [3.8, 4) is 0 Å². The van der Waals surface area contributed by atoms with Crippen molar-refractivity contribution in [3.63, 3.8) is 0 Å². The number of allylic oxidation sites excluding steroid dienone is 3. The van der Waals surface area contributed by atoms with E-state index in [0.29, 0.717) is 30.7 Å². The summed E-state index contributed by atoms with van der Waals surface area (Å²) in [7, 11) is 0. The number of carbonyl (C=O) groups excluding carboxylic acids is 3. The van der Waals surface area contributed by atoms with Crippen LogP contribution in [0.5, 0.6) is 0 Å². The van der Waals surface area contributed by atoms with Gasteiger partial charge in [-0.2, -0.15) is 0 Å². The number of benzene rings is 2. The van der Waals surface area contributed by atoms with Crippen LogP contribution in [0.1, 0.15) is 108 Å². The first-order valence-corrected chi connectivity index (χ1v) is 16.8. The lowest BCUT2D eigenvalue weighted by Crippen LogP contribution is -2.24. The van der Waals surface area contributed by atoms with Crippen LogP contribution >= 0.6 is 0 Å². The van der Waals surface area contributed by atoms with Crippen molar-refractivity contribution >= 4 is 41.2 Å². The van der Waals surface area contributed by atoms with E-state index in [9.17, 15) is 24.3 Å². The van der Waals surface area contributed by atoms with Gasteiger partial charge in [0.05, 0.1) is 0 Å². The fourth-order valence-electron chi connectivity index (χ4n) is 6.16. The SMILES string of the molecule is C=Cc1ccccc1/C(=C\C(CC(=C)CCc1cccc(/C=C(\NC(C)=O)C(=O)O)c1)C(=O)CCC(=O)C(C)(C)C)C1CCCCC1. The number of carboxylic acid groups (broad SMARTS) is 1. The van der Waals surface area contributed by atoms with Crippen LogP contribution in [0.25, 0.3) is 17.7 Å². The minimum absolute atomic E-state index is 0.0550. The van der Waals surface area contributed by atoms with E-state index >= 15 is 0 Å². The predicted octanol–water partition coefficient (Wildman–Crippen LogP) is 9.01. The van der Waals surface area contributed by atoms with Crippen molar-refractivity contribution in [2.75, 3.05) is 0 Å². The number of hydrogen-bond donors (Lipinski definition) is 2. The van der Waals surface area contributed by atoms with Crippen molar-refractivity contribution in [2.45, 2.75) is 91.9 Å². The maximum atomic E-state index is 13.9. The molecule has 0 saturated heterocycles. The minimum atomic E-state index is -1.21. The van der Waals surface area contributed by atoms with E-state index in [2.05, 4.69) is 36.7 Å². The van der Waals surface area contributed by atoms with E-state index in [1.54, 1.807) is 6.07 Å². The molecular formula is C41H51NO5. The fraction of sp³-hybridized carbons (Fsp3) is 0.415. The van der Waals surface area contributed by atoms with E-state index in [1.807, 2.05) is 57.2 Å². The molecule has 0 spiro atoms. The Balaban J connectivity index is 1.89. The molecule has 1 amide bonds. The highest BCUT2D eigenvalue weighted by Crippen LogP contribution is 2.39. The van der Waals surface area contributed by atoms with Gasteiger partial charge < -0.3 is 10.4 Å². The second-order valence-corrected chi connectivity index (χ2v) is 13.7. The number of ketones is 2. The minimum Gasteiger partial charge on any atom is -0.477 e. The van der Waals surface area contributed by atoms with Crippen molar-refractivity contribution in [2.24, 2.45) is 17.3 Å². The molecule has 1 atom stereocenters. The maximum absolute atomic E-state index is 13.9. The number of carboxylic acids is 1. The van der Waals surface area contributed by atoms with Gasteiger partial charge in [-0.3, -0.25) is 14.4 Å². The third-order valence-electron chi connectivity index (χ3n) is 8.84. The third kappa shape index (κ3) is 11.8. The van der Waals surface area contributed by atoms with Gasteiger partial charge in [0.25, 0.3) is 0 Å². The van der Waals surface area contributed by atoms with Crippen LogP contribution in [-0.4, -0.2) is 28.5 Å². The predicted molar refractivity (Wildman–Crippen MR) is 191 cm³/mol. The molecule has 0 aromatic heterocycles. The van der Waals surface area contributed by atoms with Crippen molar-refractivity contribution in [1.82, 2.24) is 5.32 Å². The molecule has 1 fully saturated rings. The molecule has 1 aliphatic carbocycles. The zero-order valence-electron chi connectivity index (χ0n) is 28.6. The van der Waals surface area contributed by atoms with Gasteiger partial charge in [-0.1, -0.05) is 119 Å². The third-order valence-corrected chi connectivity index (χ3v) is 8.84. The first-order valence-electron chi connectivity index (χ1n) is 16.8. The van der Waals surface area contributed by atoms with Gasteiger partial charge >= 0.3 is 5.97 Å². The summed E-state index contributed by atoms with van der Waals surface area (Å²) >= 11 is 0. The molecule has 0 aliphatic heterocycles. The molecule has 6 nitrogen and oxygen atoms in total. The van der Waals surface area contributed by atoms with Gasteiger partial charge in [0.2, 0.25) is 5.91 Å². The molecule has 0 bridgehead atoms. The molecule has 2 N–H and O–H groups in total. The van der Waals surface area contributed by atoms with Gasteiger partial charge in [0.1, 0.15) is 17.3 Å². The van der Waals surface area contributed by atoms with Gasteiger partial charge in [0.15, 0.2) is 0 Å². The van der Waals surface area contributed by atoms with Crippen LogP contribution in [-0.2, 0) is 25.6 Å². The van der Waals surface area contributed by atoms with Gasteiger partial charge in [0, 0.05) is 31.1 Å². The Hall–Kier alpha value is -4.32. The average molecular weight is 638 g/mol. The summed E-state index contributed by atoms with van der Waals surface area (Å²) in [4.78, 5) is 49.7. The first-order chi connectivity index (χ1) is 22.3. The number of aryl methyl sites for hydroxylation is 1. The van der Waals surface area contributed by atoms with Gasteiger partial charge in [-0.05, 0) is 71.9 Å². The lowest BCUT2D eigenvalue weighted by molar-refractivity contribution is -0.134. The Morgan fingerprint density at radius 2 is 1.68 bits per heavy atom. The number of hydrogen-bond acceptors (Lipinski definition) is 4. The largest absolute Gasteiger partial charge is 0.477 e.